The summed E-state index contributed by atoms with van der Waals surface area (Å²) in [6.45, 7) is 10.2. The van der Waals surface area contributed by atoms with E-state index in [2.05, 4.69) is 147 Å². The number of nitrogens with zero attached hydrogens (tertiary/aromatic N) is 6. The van der Waals surface area contributed by atoms with E-state index in [0.717, 1.165) is 109 Å². The monoisotopic (exact) mass is 768 g/mol. The number of ether oxygens (including phenoxy) is 2. The van der Waals surface area contributed by atoms with Gasteiger partial charge in [-0.2, -0.15) is 0 Å². The number of hydrogen-bond donors (Lipinski definition) is 0. The van der Waals surface area contributed by atoms with Crippen LogP contribution in [0.2, 0.25) is 0 Å². The second-order valence-electron chi connectivity index (χ2n) is 17.0. The molecule has 0 saturated heterocycles. The van der Waals surface area contributed by atoms with Crippen LogP contribution in [0, 0.1) is 0 Å². The lowest BCUT2D eigenvalue weighted by atomic mass is 9.35. The number of benzene rings is 5. The maximum atomic E-state index is 6.68. The van der Waals surface area contributed by atoms with Crippen molar-refractivity contribution < 1.29 is 9.47 Å². The normalized spacial score (nSPS) is 16.6. The Morgan fingerprint density at radius 2 is 0.881 bits per heavy atom. The maximum absolute atomic E-state index is 6.68. The number of pyridine rings is 2. The molecule has 0 unspecified atom stereocenters. The molecule has 11 rings (SSSR count). The number of para-hydroxylation sites is 2. The predicted molar refractivity (Wildman–Crippen MR) is 239 cm³/mol. The van der Waals surface area contributed by atoms with Crippen LogP contribution >= 0.6 is 0 Å². The number of aromatic nitrogens is 2. The van der Waals surface area contributed by atoms with E-state index < -0.39 is 0 Å². The van der Waals surface area contributed by atoms with Crippen molar-refractivity contribution in [2.75, 3.05) is 22.9 Å². The summed E-state index contributed by atoms with van der Waals surface area (Å²) in [7, 11) is 0. The topological polar surface area (TPSA) is 75.4 Å². The molecule has 286 valence electrons. The molecular weight excluding hydrogens is 727 g/mol. The highest BCUT2D eigenvalue weighted by Gasteiger charge is 2.41. The zero-order chi connectivity index (χ0) is 39.9. The van der Waals surface area contributed by atoms with Crippen LogP contribution in [-0.4, -0.2) is 52.5 Å². The molecule has 0 saturated carbocycles. The first-order valence-corrected chi connectivity index (χ1v) is 20.2. The minimum atomic E-state index is -0.233. The molecule has 59 heavy (non-hydrogen) atoms. The van der Waals surface area contributed by atoms with Gasteiger partial charge in [0.2, 0.25) is 0 Å². The molecule has 0 bridgehead atoms. The number of anilines is 2. The Bertz CT molecular complexity index is 2680. The minimum Gasteiger partial charge on any atom is -0.458 e. The van der Waals surface area contributed by atoms with E-state index in [4.69, 9.17) is 29.4 Å². The lowest BCUT2D eigenvalue weighted by Crippen LogP contribution is -2.57. The molecule has 2 aromatic heterocycles. The van der Waals surface area contributed by atoms with Crippen molar-refractivity contribution in [1.82, 2.24) is 9.97 Å². The Balaban J connectivity index is 0.935. The summed E-state index contributed by atoms with van der Waals surface area (Å²) in [5.74, 6) is 4.97. The van der Waals surface area contributed by atoms with Crippen LogP contribution in [0.3, 0.4) is 0 Å². The molecule has 4 aliphatic heterocycles. The zero-order valence-corrected chi connectivity index (χ0v) is 33.4. The van der Waals surface area contributed by atoms with E-state index in [0.29, 0.717) is 0 Å². The Morgan fingerprint density at radius 1 is 0.458 bits per heavy atom. The third kappa shape index (κ3) is 6.16. The summed E-state index contributed by atoms with van der Waals surface area (Å²) in [5, 5.41) is 0. The number of aliphatic imine (C=N–C) groups is 2. The molecule has 0 atom stereocenters. The second-order valence-corrected chi connectivity index (χ2v) is 17.0. The molecular formula is C50H41BN6O2. The van der Waals surface area contributed by atoms with Crippen LogP contribution in [-0.2, 0) is 0 Å². The highest BCUT2D eigenvalue weighted by molar-refractivity contribution is 6.98. The van der Waals surface area contributed by atoms with Gasteiger partial charge in [-0.05, 0) is 111 Å². The molecule has 0 amide bonds. The molecule has 9 heteroatoms. The molecule has 0 fully saturated rings. The lowest BCUT2D eigenvalue weighted by molar-refractivity contribution is 0.464. The van der Waals surface area contributed by atoms with E-state index in [1.54, 1.807) is 0 Å². The van der Waals surface area contributed by atoms with Crippen LogP contribution < -0.4 is 35.7 Å². The Hall–Kier alpha value is -7.00. The van der Waals surface area contributed by atoms with E-state index in [1.807, 2.05) is 42.5 Å². The van der Waals surface area contributed by atoms with Crippen molar-refractivity contribution in [2.45, 2.75) is 38.8 Å². The molecule has 5 aromatic carbocycles. The molecule has 0 aliphatic carbocycles. The van der Waals surface area contributed by atoms with E-state index >= 15 is 0 Å². The van der Waals surface area contributed by atoms with Crippen molar-refractivity contribution >= 4 is 46.1 Å². The number of rotatable bonds is 6. The predicted octanol–water partition coefficient (Wildman–Crippen LogP) is 8.63. The average Bonchev–Trinajstić information content (AvgIpc) is 3.78. The van der Waals surface area contributed by atoms with Crippen molar-refractivity contribution in [1.29, 1.82) is 0 Å². The summed E-state index contributed by atoms with van der Waals surface area (Å²) in [4.78, 5) is 25.2. The van der Waals surface area contributed by atoms with Gasteiger partial charge in [-0.1, -0.05) is 78.9 Å². The van der Waals surface area contributed by atoms with Gasteiger partial charge in [-0.15, -0.1) is 0 Å². The molecule has 6 heterocycles. The lowest BCUT2D eigenvalue weighted by Gasteiger charge is -2.33. The zero-order valence-electron chi connectivity index (χ0n) is 33.4. The highest BCUT2D eigenvalue weighted by Crippen LogP contribution is 2.38. The molecule has 0 radical (unpaired) electrons. The summed E-state index contributed by atoms with van der Waals surface area (Å²) in [6.07, 6.45) is 0. The number of hydrogen-bond acceptors (Lipinski definition) is 8. The van der Waals surface area contributed by atoms with E-state index in [-0.39, 0.29) is 17.8 Å². The first-order valence-electron chi connectivity index (χ1n) is 20.2. The second kappa shape index (κ2) is 13.3. The Labute approximate surface area is 344 Å². The summed E-state index contributed by atoms with van der Waals surface area (Å²) in [6, 6.07) is 52.2. The van der Waals surface area contributed by atoms with Crippen LogP contribution in [0.1, 0.15) is 39.1 Å². The standard InChI is InChI=1S/C50H41BN6O2/c1-49(2)30-56(34-14-7-5-8-15-34)47(54-49)40-20-11-18-38(52-40)32-24-26-36-44(28-32)58-42-22-13-23-43-46(42)51(36)37-27-25-33(29-45(37)59-43)39-19-12-21-41(53-39)48-55-50(3,4)31-57(48)35-16-9-6-10-17-35/h5-29H,30-31H2,1-4H3. The van der Waals surface area contributed by atoms with Gasteiger partial charge in [0.05, 0.1) is 22.5 Å². The molecule has 0 N–H and O–H groups in total. The van der Waals surface area contributed by atoms with Crippen molar-refractivity contribution in [2.24, 2.45) is 9.98 Å². The van der Waals surface area contributed by atoms with Crippen molar-refractivity contribution in [3.63, 3.8) is 0 Å². The first-order chi connectivity index (χ1) is 28.7. The Kier molecular flexibility index (Phi) is 7.92. The van der Waals surface area contributed by atoms with Gasteiger partial charge >= 0.3 is 0 Å². The van der Waals surface area contributed by atoms with Gasteiger partial charge in [0.15, 0.2) is 11.7 Å². The average molecular weight is 769 g/mol. The van der Waals surface area contributed by atoms with Crippen LogP contribution in [0.5, 0.6) is 23.0 Å². The van der Waals surface area contributed by atoms with Gasteiger partial charge in [-0.25, -0.2) is 9.97 Å². The number of fused-ring (bicyclic) bond motifs is 4. The summed E-state index contributed by atoms with van der Waals surface area (Å²) >= 11 is 0. The fraction of sp³-hybridized carbons (Fsp3) is 0.160. The SMILES string of the molecule is CC1(C)CN(c2ccccc2)C(c2cccc(-c3ccc4c(c3)Oc3cccc5c3B4c3ccc(-c4cccc(C6=NC(C)(C)CN6c6ccccc6)n4)cc3O5)n2)=N1. The minimum absolute atomic E-state index is 0.0700. The van der Waals surface area contributed by atoms with Gasteiger partial charge in [-0.3, -0.25) is 9.98 Å². The molecule has 4 aliphatic rings. The van der Waals surface area contributed by atoms with E-state index in [9.17, 15) is 0 Å². The molecule has 7 aromatic rings. The van der Waals surface area contributed by atoms with E-state index in [1.165, 1.54) is 0 Å². The van der Waals surface area contributed by atoms with Gasteiger partial charge < -0.3 is 19.3 Å². The summed E-state index contributed by atoms with van der Waals surface area (Å²) in [5.41, 5.74) is 10.3. The molecule has 8 nitrogen and oxygen atoms in total. The fourth-order valence-electron chi connectivity index (χ4n) is 8.91. The summed E-state index contributed by atoms with van der Waals surface area (Å²) < 4.78 is 13.4. The third-order valence-corrected chi connectivity index (χ3v) is 11.5. The quantitative estimate of drug-likeness (QED) is 0.158. The van der Waals surface area contributed by atoms with Crippen LogP contribution in [0.25, 0.3) is 22.5 Å². The first kappa shape index (κ1) is 35.2. The van der Waals surface area contributed by atoms with Crippen LogP contribution in [0.15, 0.2) is 162 Å². The van der Waals surface area contributed by atoms with Gasteiger partial charge in [0.1, 0.15) is 34.4 Å². The maximum Gasteiger partial charge on any atom is 0.260 e. The Morgan fingerprint density at radius 3 is 1.34 bits per heavy atom. The van der Waals surface area contributed by atoms with Crippen molar-refractivity contribution in [3.8, 4) is 45.5 Å². The smallest absolute Gasteiger partial charge is 0.260 e. The number of amidine groups is 2. The highest BCUT2D eigenvalue weighted by atomic mass is 16.5. The largest absolute Gasteiger partial charge is 0.458 e. The molecule has 0 spiro atoms. The van der Waals surface area contributed by atoms with Gasteiger partial charge in [0, 0.05) is 41.1 Å². The fourth-order valence-corrected chi connectivity index (χ4v) is 8.91. The van der Waals surface area contributed by atoms with Gasteiger partial charge in [0.25, 0.3) is 6.71 Å². The third-order valence-electron chi connectivity index (χ3n) is 11.5. The van der Waals surface area contributed by atoms with Crippen molar-refractivity contribution in [3.05, 3.63) is 163 Å². The van der Waals surface area contributed by atoms with Crippen LogP contribution in [0.4, 0.5) is 11.4 Å².